The fourth-order valence-corrected chi connectivity index (χ4v) is 7.36. The minimum Gasteiger partial charge on any atom is -0.394 e. The third-order valence-corrected chi connectivity index (χ3v) is 10.7. The van der Waals surface area contributed by atoms with E-state index in [0.717, 1.165) is 6.92 Å². The van der Waals surface area contributed by atoms with Crippen molar-refractivity contribution in [2.75, 3.05) is 26.4 Å². The Balaban J connectivity index is 1.42. The number of rotatable bonds is 13. The van der Waals surface area contributed by atoms with Gasteiger partial charge in [-0.25, -0.2) is 0 Å². The molecule has 5 rings (SSSR count). The van der Waals surface area contributed by atoms with Gasteiger partial charge in [0.15, 0.2) is 31.5 Å². The zero-order chi connectivity index (χ0) is 42.9. The summed E-state index contributed by atoms with van der Waals surface area (Å²) in [5.74, 6) is -0.801. The van der Waals surface area contributed by atoms with Crippen LogP contribution in [0, 0.1) is 0 Å². The summed E-state index contributed by atoms with van der Waals surface area (Å²) in [6, 6.07) is -1.67. The van der Waals surface area contributed by atoms with E-state index in [2.05, 4.69) is 5.32 Å². The Labute approximate surface area is 329 Å². The van der Waals surface area contributed by atoms with E-state index in [1.807, 2.05) is 0 Å². The number of carbonyl (C=O) groups excluding carboxylic acids is 1. The first-order valence-electron chi connectivity index (χ1n) is 18.5. The van der Waals surface area contributed by atoms with Crippen LogP contribution in [-0.2, 0) is 47.4 Å². The molecule has 5 heterocycles. The summed E-state index contributed by atoms with van der Waals surface area (Å²) in [6.45, 7) is -1.34. The first kappa shape index (κ1) is 47.6. The summed E-state index contributed by atoms with van der Waals surface area (Å²) in [5.41, 5.74) is 0. The second-order valence-electron chi connectivity index (χ2n) is 14.7. The molecule has 0 bridgehead atoms. The Morgan fingerprint density at radius 2 is 0.879 bits per heavy atom. The minimum atomic E-state index is -2.15. The quantitative estimate of drug-likeness (QED) is 0.0818. The largest absolute Gasteiger partial charge is 0.394 e. The fourth-order valence-electron chi connectivity index (χ4n) is 7.36. The van der Waals surface area contributed by atoms with Crippen LogP contribution >= 0.6 is 0 Å². The zero-order valence-corrected chi connectivity index (χ0v) is 31.1. The predicted octanol–water partition coefficient (Wildman–Crippen LogP) is -10.8. The molecule has 0 radical (unpaired) electrons. The smallest absolute Gasteiger partial charge is 0.217 e. The van der Waals surface area contributed by atoms with Crippen LogP contribution < -0.4 is 5.32 Å². The molecule has 16 N–H and O–H groups in total. The SMILES string of the molecule is CC(=O)NC1[C@H](O[C@@H]2C(O)[C@H](O[C@@H]3C(CO)OC(O)C(O)[C@H]3O[C@@H]3OC(C)[C@@H](O)[C@H](O)C3O)OC(CO)[C@@H]2O)OC(CO)[C@@H](O)[C@@H]1O[C@@H]1OC(CO)[C@H](O)[C@H](O)C1O. The summed E-state index contributed by atoms with van der Waals surface area (Å²) >= 11 is 0. The summed E-state index contributed by atoms with van der Waals surface area (Å²) < 4.78 is 50.8. The van der Waals surface area contributed by atoms with Crippen LogP contribution in [0.5, 0.6) is 0 Å². The van der Waals surface area contributed by atoms with Crippen molar-refractivity contribution in [3.05, 3.63) is 0 Å². The lowest BCUT2D eigenvalue weighted by atomic mass is 9.94. The molecule has 338 valence electrons. The molecule has 58 heavy (non-hydrogen) atoms. The van der Waals surface area contributed by atoms with E-state index in [-0.39, 0.29) is 0 Å². The maximum atomic E-state index is 12.5. The zero-order valence-electron chi connectivity index (χ0n) is 31.1. The third kappa shape index (κ3) is 9.75. The van der Waals surface area contributed by atoms with Crippen LogP contribution in [0.15, 0.2) is 0 Å². The summed E-state index contributed by atoms with van der Waals surface area (Å²) in [4.78, 5) is 12.5. The highest BCUT2D eigenvalue weighted by atomic mass is 16.8. The first-order valence-corrected chi connectivity index (χ1v) is 18.5. The molecule has 0 spiro atoms. The van der Waals surface area contributed by atoms with E-state index in [4.69, 9.17) is 42.6 Å². The second-order valence-corrected chi connectivity index (χ2v) is 14.7. The van der Waals surface area contributed by atoms with Crippen LogP contribution in [0.4, 0.5) is 0 Å². The second kappa shape index (κ2) is 20.1. The number of aliphatic hydroxyl groups excluding tert-OH is 15. The number of aliphatic hydroxyl groups is 15. The first-order chi connectivity index (χ1) is 27.4. The van der Waals surface area contributed by atoms with Crippen molar-refractivity contribution in [3.63, 3.8) is 0 Å². The van der Waals surface area contributed by atoms with Gasteiger partial charge in [-0.3, -0.25) is 4.79 Å². The summed E-state index contributed by atoms with van der Waals surface area (Å²) in [5, 5.41) is 160. The Morgan fingerprint density at radius 3 is 1.43 bits per heavy atom. The highest BCUT2D eigenvalue weighted by Gasteiger charge is 2.57. The number of ether oxygens (including phenoxy) is 9. The van der Waals surface area contributed by atoms with Crippen molar-refractivity contribution in [3.8, 4) is 0 Å². The molecule has 5 aliphatic rings. The number of carbonyl (C=O) groups is 1. The van der Waals surface area contributed by atoms with E-state index < -0.39 is 186 Å². The highest BCUT2D eigenvalue weighted by molar-refractivity contribution is 5.73. The Kier molecular flexibility index (Phi) is 16.5. The van der Waals surface area contributed by atoms with Crippen molar-refractivity contribution < 1.29 is 124 Å². The molecule has 0 aliphatic carbocycles. The van der Waals surface area contributed by atoms with Gasteiger partial charge in [-0.05, 0) is 6.92 Å². The number of hydrogen-bond donors (Lipinski definition) is 16. The summed E-state index contributed by atoms with van der Waals surface area (Å²) in [7, 11) is 0. The Morgan fingerprint density at radius 1 is 0.448 bits per heavy atom. The lowest BCUT2D eigenvalue weighted by Crippen LogP contribution is -2.70. The van der Waals surface area contributed by atoms with Crippen molar-refractivity contribution in [1.82, 2.24) is 5.32 Å². The summed E-state index contributed by atoms with van der Waals surface area (Å²) in [6.07, 6.45) is -43.4. The predicted molar refractivity (Wildman–Crippen MR) is 177 cm³/mol. The van der Waals surface area contributed by atoms with Crippen molar-refractivity contribution in [2.24, 2.45) is 0 Å². The van der Waals surface area contributed by atoms with Gasteiger partial charge in [0.25, 0.3) is 0 Å². The topological polar surface area (TPSA) is 416 Å². The molecule has 5 saturated heterocycles. The van der Waals surface area contributed by atoms with E-state index in [9.17, 15) is 81.4 Å². The van der Waals surface area contributed by atoms with Gasteiger partial charge >= 0.3 is 0 Å². The maximum absolute atomic E-state index is 12.5. The van der Waals surface area contributed by atoms with Crippen molar-refractivity contribution in [1.29, 1.82) is 0 Å². The molecule has 0 aromatic heterocycles. The number of nitrogens with one attached hydrogen (secondary N) is 1. The lowest BCUT2D eigenvalue weighted by molar-refractivity contribution is -0.392. The monoisotopic (exact) mass is 853 g/mol. The molecule has 11 unspecified atom stereocenters. The van der Waals surface area contributed by atoms with Crippen LogP contribution in [0.2, 0.25) is 0 Å². The molecule has 0 aromatic rings. The highest BCUT2D eigenvalue weighted by Crippen LogP contribution is 2.36. The lowest BCUT2D eigenvalue weighted by Gasteiger charge is -2.50. The molecule has 5 aliphatic heterocycles. The minimum absolute atomic E-state index is 0.801. The number of amides is 1. The van der Waals surface area contributed by atoms with Gasteiger partial charge in [-0.2, -0.15) is 0 Å². The van der Waals surface area contributed by atoms with Gasteiger partial charge in [-0.1, -0.05) is 0 Å². The van der Waals surface area contributed by atoms with E-state index in [1.54, 1.807) is 0 Å². The average molecular weight is 854 g/mol. The number of hydrogen-bond acceptors (Lipinski definition) is 25. The van der Waals surface area contributed by atoms with Crippen LogP contribution in [-0.4, -0.2) is 262 Å². The van der Waals surface area contributed by atoms with E-state index >= 15 is 0 Å². The van der Waals surface area contributed by atoms with Gasteiger partial charge in [0.1, 0.15) is 116 Å². The standard InChI is InChI=1S/C32H55NO25/c1-7-14(39)18(43)20(45)30(50-7)58-27-22(47)28(49)51-12(6-37)24(27)55-32-23(48)26(17(42)11(5-36)54-32)57-29-13(33-8(2)38)25(16(41)10(4-35)52-29)56-31-21(46)19(44)15(40)9(3-34)53-31/h7,9-32,34-37,39-49H,3-6H2,1-2H3,(H,33,38)/t7?,9?,10?,11?,12?,13?,14-,15+,16-,17+,18+,19+,20?,21?,22?,23?,24-,25-,26+,27-,28?,29+,30+,31+,32+/m1/s1. The van der Waals surface area contributed by atoms with Gasteiger partial charge in [0.2, 0.25) is 5.91 Å². The Bertz CT molecular complexity index is 1310. The van der Waals surface area contributed by atoms with Crippen LogP contribution in [0.3, 0.4) is 0 Å². The van der Waals surface area contributed by atoms with Gasteiger partial charge in [0.05, 0.1) is 32.5 Å². The van der Waals surface area contributed by atoms with Crippen LogP contribution in [0.25, 0.3) is 0 Å². The molecule has 26 nitrogen and oxygen atoms in total. The van der Waals surface area contributed by atoms with Crippen LogP contribution in [0.1, 0.15) is 13.8 Å². The van der Waals surface area contributed by atoms with Gasteiger partial charge in [0, 0.05) is 6.92 Å². The normalized spacial score (nSPS) is 51.6. The molecule has 26 heteroatoms. The molecular weight excluding hydrogens is 798 g/mol. The molecule has 0 saturated carbocycles. The maximum Gasteiger partial charge on any atom is 0.217 e. The molecule has 0 aromatic carbocycles. The fraction of sp³-hybridized carbons (Fsp3) is 0.969. The Hall–Kier alpha value is -1.49. The van der Waals surface area contributed by atoms with E-state index in [1.165, 1.54) is 6.92 Å². The van der Waals surface area contributed by atoms with Crippen molar-refractivity contribution in [2.45, 2.75) is 167 Å². The van der Waals surface area contributed by atoms with E-state index in [0.29, 0.717) is 0 Å². The molecule has 5 fully saturated rings. The third-order valence-electron chi connectivity index (χ3n) is 10.7. The van der Waals surface area contributed by atoms with Crippen molar-refractivity contribution >= 4 is 5.91 Å². The molecular formula is C32H55NO25. The molecule has 25 atom stereocenters. The molecule has 1 amide bonds. The van der Waals surface area contributed by atoms with Gasteiger partial charge < -0.3 is 125 Å². The van der Waals surface area contributed by atoms with Gasteiger partial charge in [-0.15, -0.1) is 0 Å². The average Bonchev–Trinajstić information content (AvgIpc) is 3.19.